The smallest absolute Gasteiger partial charge is 0.182 e. The molecule has 0 amide bonds. The molecule has 0 spiro atoms. The third-order valence-electron chi connectivity index (χ3n) is 3.54. The first-order valence-electron chi connectivity index (χ1n) is 4.88. The minimum absolute atomic E-state index is 0.765. The zero-order chi connectivity index (χ0) is 8.43. The molecule has 0 aromatic heterocycles. The van der Waals surface area contributed by atoms with Crippen molar-refractivity contribution in [1.82, 2.24) is 5.23 Å². The molecule has 1 fully saturated rings. The zero-order valence-corrected chi connectivity index (χ0v) is 8.22. The second-order valence-electron chi connectivity index (χ2n) is 4.04. The van der Waals surface area contributed by atoms with Gasteiger partial charge in [0.1, 0.15) is 0 Å². The van der Waals surface area contributed by atoms with Crippen LogP contribution >= 0.6 is 0 Å². The molecule has 0 radical (unpaired) electrons. The molecule has 0 aromatic rings. The standard InChI is InChI=1S/C9H20BN/c1-4-9(11-10)8-5-6(2)7(8)3/h6-9,11H,4-5,10H2,1-3H3/t6?,7?,8-,9?/m1/s1. The number of hydrogen-bond donors (Lipinski definition) is 1. The largest absolute Gasteiger partial charge is 0.359 e. The van der Waals surface area contributed by atoms with Crippen LogP contribution in [0.1, 0.15) is 33.6 Å². The first kappa shape index (κ1) is 9.12. The lowest BCUT2D eigenvalue weighted by molar-refractivity contribution is 0.0723. The van der Waals surface area contributed by atoms with Crippen LogP contribution in [-0.2, 0) is 0 Å². The van der Waals surface area contributed by atoms with E-state index in [9.17, 15) is 0 Å². The fourth-order valence-electron chi connectivity index (χ4n) is 2.34. The number of hydrogen-bond acceptors (Lipinski definition) is 1. The minimum Gasteiger partial charge on any atom is -0.359 e. The molecule has 4 atom stereocenters. The molecule has 1 rings (SSSR count). The Labute approximate surface area is 71.4 Å². The predicted molar refractivity (Wildman–Crippen MR) is 52.2 cm³/mol. The van der Waals surface area contributed by atoms with Crippen LogP contribution in [0.15, 0.2) is 0 Å². The normalized spacial score (nSPS) is 39.7. The number of rotatable bonds is 3. The van der Waals surface area contributed by atoms with Gasteiger partial charge < -0.3 is 5.23 Å². The molecule has 0 saturated heterocycles. The van der Waals surface area contributed by atoms with Crippen molar-refractivity contribution in [3.05, 3.63) is 0 Å². The van der Waals surface area contributed by atoms with Gasteiger partial charge in [-0.3, -0.25) is 0 Å². The molecule has 11 heavy (non-hydrogen) atoms. The van der Waals surface area contributed by atoms with Crippen LogP contribution in [0.5, 0.6) is 0 Å². The predicted octanol–water partition coefficient (Wildman–Crippen LogP) is 1.19. The average Bonchev–Trinajstić information content (AvgIpc) is 2.05. The van der Waals surface area contributed by atoms with E-state index >= 15 is 0 Å². The van der Waals surface area contributed by atoms with Crippen LogP contribution in [0.3, 0.4) is 0 Å². The maximum atomic E-state index is 3.40. The zero-order valence-electron chi connectivity index (χ0n) is 8.22. The molecule has 2 heteroatoms. The molecule has 0 heterocycles. The molecule has 0 aliphatic heterocycles. The molecule has 64 valence electrons. The first-order valence-corrected chi connectivity index (χ1v) is 4.88. The molecule has 0 bridgehead atoms. The lowest BCUT2D eigenvalue weighted by Gasteiger charge is -2.45. The Bertz CT molecular complexity index is 123. The van der Waals surface area contributed by atoms with Crippen molar-refractivity contribution < 1.29 is 0 Å². The lowest BCUT2D eigenvalue weighted by Crippen LogP contribution is -2.46. The molecule has 1 saturated carbocycles. The van der Waals surface area contributed by atoms with E-state index in [-0.39, 0.29) is 0 Å². The average molecular weight is 153 g/mol. The van der Waals surface area contributed by atoms with Crippen LogP contribution in [0, 0.1) is 17.8 Å². The monoisotopic (exact) mass is 153 g/mol. The maximum absolute atomic E-state index is 3.40. The first-order chi connectivity index (χ1) is 5.20. The fraction of sp³-hybridized carbons (Fsp3) is 1.00. The van der Waals surface area contributed by atoms with E-state index in [0.717, 1.165) is 23.8 Å². The molecule has 1 aliphatic rings. The van der Waals surface area contributed by atoms with Crippen molar-refractivity contribution in [2.24, 2.45) is 17.8 Å². The van der Waals surface area contributed by atoms with Gasteiger partial charge in [0.05, 0.1) is 0 Å². The van der Waals surface area contributed by atoms with Crippen molar-refractivity contribution >= 4 is 7.98 Å². The quantitative estimate of drug-likeness (QED) is 0.600. The van der Waals surface area contributed by atoms with Gasteiger partial charge in [0.15, 0.2) is 7.98 Å². The summed E-state index contributed by atoms with van der Waals surface area (Å²) >= 11 is 0. The van der Waals surface area contributed by atoms with Crippen LogP contribution < -0.4 is 5.23 Å². The summed E-state index contributed by atoms with van der Waals surface area (Å²) in [6, 6.07) is 0.765. The molecule has 1 nitrogen and oxygen atoms in total. The van der Waals surface area contributed by atoms with E-state index in [4.69, 9.17) is 0 Å². The Balaban J connectivity index is 2.36. The van der Waals surface area contributed by atoms with Gasteiger partial charge in [-0.2, -0.15) is 0 Å². The summed E-state index contributed by atoms with van der Waals surface area (Å²) in [5, 5.41) is 3.40. The van der Waals surface area contributed by atoms with E-state index in [2.05, 4.69) is 34.0 Å². The summed E-state index contributed by atoms with van der Waals surface area (Å²) < 4.78 is 0. The van der Waals surface area contributed by atoms with Crippen LogP contribution in [0.4, 0.5) is 0 Å². The Kier molecular flexibility index (Phi) is 3.00. The maximum Gasteiger partial charge on any atom is 0.182 e. The van der Waals surface area contributed by atoms with E-state index in [1.54, 1.807) is 0 Å². The summed E-state index contributed by atoms with van der Waals surface area (Å²) in [4.78, 5) is 0. The van der Waals surface area contributed by atoms with Crippen LogP contribution in [-0.4, -0.2) is 14.0 Å². The highest BCUT2D eigenvalue weighted by atomic mass is 14.8. The highest BCUT2D eigenvalue weighted by Crippen LogP contribution is 2.42. The molecule has 1 N–H and O–H groups in total. The lowest BCUT2D eigenvalue weighted by atomic mass is 9.63. The highest BCUT2D eigenvalue weighted by molar-refractivity contribution is 6.04. The van der Waals surface area contributed by atoms with Gasteiger partial charge in [0, 0.05) is 0 Å². The fourth-order valence-corrected chi connectivity index (χ4v) is 2.34. The van der Waals surface area contributed by atoms with E-state index in [1.165, 1.54) is 12.8 Å². The van der Waals surface area contributed by atoms with Gasteiger partial charge in [-0.15, -0.1) is 0 Å². The van der Waals surface area contributed by atoms with Crippen molar-refractivity contribution in [3.63, 3.8) is 0 Å². The van der Waals surface area contributed by atoms with E-state index in [1.807, 2.05) is 0 Å². The SMILES string of the molecule is BNC(CC)[C@@H]1CC(C)C1C. The van der Waals surface area contributed by atoms with Crippen LogP contribution in [0.2, 0.25) is 0 Å². The van der Waals surface area contributed by atoms with Gasteiger partial charge in [-0.1, -0.05) is 20.8 Å². The van der Waals surface area contributed by atoms with Gasteiger partial charge in [-0.25, -0.2) is 0 Å². The topological polar surface area (TPSA) is 12.0 Å². The van der Waals surface area contributed by atoms with Gasteiger partial charge in [0.25, 0.3) is 0 Å². The van der Waals surface area contributed by atoms with Crippen molar-refractivity contribution in [3.8, 4) is 0 Å². The van der Waals surface area contributed by atoms with E-state index in [0.29, 0.717) is 0 Å². The van der Waals surface area contributed by atoms with Gasteiger partial charge >= 0.3 is 0 Å². The summed E-state index contributed by atoms with van der Waals surface area (Å²) in [6.07, 6.45) is 2.71. The Morgan fingerprint density at radius 1 is 1.55 bits per heavy atom. The van der Waals surface area contributed by atoms with Crippen LogP contribution in [0.25, 0.3) is 0 Å². The van der Waals surface area contributed by atoms with E-state index < -0.39 is 0 Å². The minimum atomic E-state index is 0.765. The third kappa shape index (κ3) is 1.61. The second-order valence-corrected chi connectivity index (χ2v) is 4.04. The molecular weight excluding hydrogens is 133 g/mol. The third-order valence-corrected chi connectivity index (χ3v) is 3.54. The Morgan fingerprint density at radius 2 is 2.18 bits per heavy atom. The molecule has 1 aliphatic carbocycles. The summed E-state index contributed by atoms with van der Waals surface area (Å²) in [5.74, 6) is 2.84. The van der Waals surface area contributed by atoms with Crippen molar-refractivity contribution in [2.75, 3.05) is 0 Å². The van der Waals surface area contributed by atoms with Gasteiger partial charge in [-0.05, 0) is 36.6 Å². The summed E-state index contributed by atoms with van der Waals surface area (Å²) in [6.45, 7) is 7.03. The highest BCUT2D eigenvalue weighted by Gasteiger charge is 2.37. The Morgan fingerprint density at radius 3 is 2.45 bits per heavy atom. The van der Waals surface area contributed by atoms with Crippen molar-refractivity contribution in [2.45, 2.75) is 39.7 Å². The second kappa shape index (κ2) is 3.62. The van der Waals surface area contributed by atoms with Crippen molar-refractivity contribution in [1.29, 1.82) is 0 Å². The summed E-state index contributed by atoms with van der Waals surface area (Å²) in [7, 11) is 2.09. The Hall–Kier alpha value is 0.0249. The summed E-state index contributed by atoms with van der Waals surface area (Å²) in [5.41, 5.74) is 0. The molecule has 0 aromatic carbocycles. The molecular formula is C9H20BN. The number of nitrogens with one attached hydrogen (secondary N) is 1. The molecule has 3 unspecified atom stereocenters. The van der Waals surface area contributed by atoms with Gasteiger partial charge in [0.2, 0.25) is 0 Å².